The van der Waals surface area contributed by atoms with E-state index in [1.54, 1.807) is 6.07 Å². The molecular formula is C16H15N3O4S2. The van der Waals surface area contributed by atoms with Gasteiger partial charge in [0.2, 0.25) is 0 Å². The van der Waals surface area contributed by atoms with Crippen LogP contribution in [0.1, 0.15) is 10.4 Å². The zero-order valence-corrected chi connectivity index (χ0v) is 15.2. The summed E-state index contributed by atoms with van der Waals surface area (Å²) in [5, 5.41) is 0.728. The number of aryl methyl sites for hydroxylation is 2. The minimum absolute atomic E-state index is 0.0908. The maximum absolute atomic E-state index is 12.8. The van der Waals surface area contributed by atoms with Crippen molar-refractivity contribution in [1.82, 2.24) is 9.97 Å². The summed E-state index contributed by atoms with van der Waals surface area (Å²) in [6.45, 7) is 4.75. The molecule has 0 aliphatic carbocycles. The third kappa shape index (κ3) is 2.79. The van der Waals surface area contributed by atoms with Gasteiger partial charge in [-0.15, -0.1) is 11.3 Å². The van der Waals surface area contributed by atoms with Crippen molar-refractivity contribution in [2.24, 2.45) is 0 Å². The maximum atomic E-state index is 12.8. The minimum Gasteiger partial charge on any atom is -0.486 e. The van der Waals surface area contributed by atoms with Crippen LogP contribution in [0.5, 0.6) is 11.5 Å². The van der Waals surface area contributed by atoms with Gasteiger partial charge in [0, 0.05) is 10.9 Å². The van der Waals surface area contributed by atoms with Crippen LogP contribution in [-0.2, 0) is 10.0 Å². The molecule has 3 heterocycles. The van der Waals surface area contributed by atoms with Gasteiger partial charge in [0.05, 0.1) is 10.3 Å². The molecule has 0 spiro atoms. The molecule has 130 valence electrons. The highest BCUT2D eigenvalue weighted by molar-refractivity contribution is 7.92. The van der Waals surface area contributed by atoms with Crippen LogP contribution in [0.15, 0.2) is 29.4 Å². The van der Waals surface area contributed by atoms with Crippen LogP contribution in [0, 0.1) is 13.8 Å². The van der Waals surface area contributed by atoms with Gasteiger partial charge >= 0.3 is 0 Å². The van der Waals surface area contributed by atoms with Gasteiger partial charge in [-0.1, -0.05) is 0 Å². The largest absolute Gasteiger partial charge is 0.486 e. The summed E-state index contributed by atoms with van der Waals surface area (Å²) < 4.78 is 39.0. The predicted molar refractivity (Wildman–Crippen MR) is 95.1 cm³/mol. The highest BCUT2D eigenvalue weighted by atomic mass is 32.2. The topological polar surface area (TPSA) is 90.4 Å². The van der Waals surface area contributed by atoms with Gasteiger partial charge in [-0.2, -0.15) is 0 Å². The fourth-order valence-electron chi connectivity index (χ4n) is 2.64. The predicted octanol–water partition coefficient (Wildman–Crippen LogP) is 2.88. The Balaban J connectivity index is 1.75. The smallest absolute Gasteiger partial charge is 0.263 e. The lowest BCUT2D eigenvalue weighted by molar-refractivity contribution is 0.171. The molecule has 9 heteroatoms. The summed E-state index contributed by atoms with van der Waals surface area (Å²) in [4.78, 5) is 10.3. The van der Waals surface area contributed by atoms with Crippen LogP contribution in [-0.4, -0.2) is 31.6 Å². The van der Waals surface area contributed by atoms with Crippen molar-refractivity contribution in [3.05, 3.63) is 35.0 Å². The number of fused-ring (bicyclic) bond motifs is 2. The quantitative estimate of drug-likeness (QED) is 0.755. The van der Waals surface area contributed by atoms with Gasteiger partial charge in [-0.25, -0.2) is 18.4 Å². The van der Waals surface area contributed by atoms with E-state index in [-0.39, 0.29) is 10.7 Å². The first kappa shape index (κ1) is 16.1. The van der Waals surface area contributed by atoms with Crippen LogP contribution in [0.3, 0.4) is 0 Å². The Labute approximate surface area is 148 Å². The summed E-state index contributed by atoms with van der Waals surface area (Å²) in [7, 11) is -3.82. The summed E-state index contributed by atoms with van der Waals surface area (Å²) in [6, 6.07) is 4.54. The second-order valence-electron chi connectivity index (χ2n) is 5.60. The van der Waals surface area contributed by atoms with Gasteiger partial charge in [0.1, 0.15) is 24.4 Å². The Morgan fingerprint density at radius 1 is 1.12 bits per heavy atom. The molecule has 0 unspecified atom stereocenters. The van der Waals surface area contributed by atoms with Crippen LogP contribution >= 0.6 is 11.3 Å². The first-order valence-electron chi connectivity index (χ1n) is 7.59. The monoisotopic (exact) mass is 377 g/mol. The maximum Gasteiger partial charge on any atom is 0.263 e. The Morgan fingerprint density at radius 2 is 1.88 bits per heavy atom. The number of aromatic nitrogens is 2. The van der Waals surface area contributed by atoms with Crippen LogP contribution in [0.4, 0.5) is 5.82 Å². The van der Waals surface area contributed by atoms with Crippen LogP contribution in [0.25, 0.3) is 10.2 Å². The normalized spacial score (nSPS) is 13.8. The molecule has 25 heavy (non-hydrogen) atoms. The van der Waals surface area contributed by atoms with Crippen molar-refractivity contribution in [3.63, 3.8) is 0 Å². The molecule has 1 aliphatic rings. The molecule has 0 atom stereocenters. The average molecular weight is 377 g/mol. The fourth-order valence-corrected chi connectivity index (χ4v) is 4.67. The van der Waals surface area contributed by atoms with Crippen molar-refractivity contribution in [2.75, 3.05) is 17.9 Å². The van der Waals surface area contributed by atoms with Gasteiger partial charge in [0.15, 0.2) is 17.3 Å². The minimum atomic E-state index is -3.82. The molecule has 0 bridgehead atoms. The van der Waals surface area contributed by atoms with E-state index in [0.29, 0.717) is 24.7 Å². The van der Waals surface area contributed by atoms with Crippen LogP contribution in [0.2, 0.25) is 0 Å². The van der Waals surface area contributed by atoms with E-state index >= 15 is 0 Å². The van der Waals surface area contributed by atoms with Crippen molar-refractivity contribution < 1.29 is 17.9 Å². The third-order valence-corrected chi connectivity index (χ3v) is 6.47. The molecule has 3 aromatic rings. The van der Waals surface area contributed by atoms with E-state index in [2.05, 4.69) is 14.7 Å². The van der Waals surface area contributed by atoms with E-state index in [9.17, 15) is 8.42 Å². The SMILES string of the molecule is Cc1sc2ncnc(NS(=O)(=O)c3ccc4c(c3)OCCO4)c2c1C. The number of hydrogen-bond donors (Lipinski definition) is 1. The van der Waals surface area contributed by atoms with Gasteiger partial charge < -0.3 is 9.47 Å². The molecule has 7 nitrogen and oxygen atoms in total. The lowest BCUT2D eigenvalue weighted by Crippen LogP contribution is -2.18. The standard InChI is InChI=1S/C16H15N3O4S2/c1-9-10(2)24-16-14(9)15(17-8-18-16)19-25(20,21)11-3-4-12-13(7-11)23-6-5-22-12/h3-4,7-8H,5-6H2,1-2H3,(H,17,18,19). The number of hydrogen-bond acceptors (Lipinski definition) is 7. The van der Waals surface area contributed by atoms with Gasteiger partial charge in [-0.3, -0.25) is 4.72 Å². The molecule has 0 amide bonds. The number of anilines is 1. The van der Waals surface area contributed by atoms with E-state index in [1.165, 1.54) is 29.8 Å². The second kappa shape index (κ2) is 5.85. The first-order chi connectivity index (χ1) is 12.0. The fraction of sp³-hybridized carbons (Fsp3) is 0.250. The lowest BCUT2D eigenvalue weighted by Gasteiger charge is -2.19. The molecule has 4 rings (SSSR count). The van der Waals surface area contributed by atoms with Gasteiger partial charge in [0.25, 0.3) is 10.0 Å². The van der Waals surface area contributed by atoms with E-state index in [4.69, 9.17) is 9.47 Å². The van der Waals surface area contributed by atoms with Crippen molar-refractivity contribution in [1.29, 1.82) is 0 Å². The number of rotatable bonds is 3. The van der Waals surface area contributed by atoms with Crippen molar-refractivity contribution in [3.8, 4) is 11.5 Å². The molecule has 0 fully saturated rings. The lowest BCUT2D eigenvalue weighted by atomic mass is 10.2. The summed E-state index contributed by atoms with van der Waals surface area (Å²) in [5.74, 6) is 1.24. The number of benzene rings is 1. The Morgan fingerprint density at radius 3 is 2.68 bits per heavy atom. The number of nitrogens with zero attached hydrogens (tertiary/aromatic N) is 2. The number of nitrogens with one attached hydrogen (secondary N) is 1. The molecule has 1 aliphatic heterocycles. The molecule has 1 N–H and O–H groups in total. The highest BCUT2D eigenvalue weighted by Gasteiger charge is 2.22. The number of thiophene rings is 1. The summed E-state index contributed by atoms with van der Waals surface area (Å²) >= 11 is 1.51. The zero-order chi connectivity index (χ0) is 17.6. The van der Waals surface area contributed by atoms with Crippen molar-refractivity contribution in [2.45, 2.75) is 18.7 Å². The summed E-state index contributed by atoms with van der Waals surface area (Å²) in [6.07, 6.45) is 1.36. The average Bonchev–Trinajstić information content (AvgIpc) is 2.89. The highest BCUT2D eigenvalue weighted by Crippen LogP contribution is 2.35. The number of ether oxygens (including phenoxy) is 2. The molecule has 0 saturated carbocycles. The molecular weight excluding hydrogens is 362 g/mol. The molecule has 2 aromatic heterocycles. The Kier molecular flexibility index (Phi) is 3.77. The van der Waals surface area contributed by atoms with Crippen LogP contribution < -0.4 is 14.2 Å². The Hall–Kier alpha value is -2.39. The van der Waals surface area contributed by atoms with E-state index in [0.717, 1.165) is 20.7 Å². The molecule has 1 aromatic carbocycles. The van der Waals surface area contributed by atoms with Crippen molar-refractivity contribution >= 4 is 37.4 Å². The first-order valence-corrected chi connectivity index (χ1v) is 9.89. The van der Waals surface area contributed by atoms with Gasteiger partial charge in [-0.05, 0) is 31.5 Å². The Bertz CT molecular complexity index is 1080. The van der Waals surface area contributed by atoms with E-state index in [1.807, 2.05) is 13.8 Å². The molecule has 0 saturated heterocycles. The van der Waals surface area contributed by atoms with E-state index < -0.39 is 10.0 Å². The molecule has 0 radical (unpaired) electrons. The third-order valence-electron chi connectivity index (χ3n) is 4.02. The zero-order valence-electron chi connectivity index (χ0n) is 13.6. The second-order valence-corrected chi connectivity index (χ2v) is 8.48. The summed E-state index contributed by atoms with van der Waals surface area (Å²) in [5.41, 5.74) is 0.973. The number of sulfonamides is 1.